The van der Waals surface area contributed by atoms with Crippen LogP contribution >= 0.6 is 11.6 Å². The molecule has 16 heteroatoms. The van der Waals surface area contributed by atoms with E-state index >= 15 is 0 Å². The van der Waals surface area contributed by atoms with Crippen LogP contribution in [0.25, 0.3) is 22.4 Å². The highest BCUT2D eigenvalue weighted by atomic mass is 35.5. The number of benzene rings is 2. The largest absolute Gasteiger partial charge is 0.481 e. The van der Waals surface area contributed by atoms with Gasteiger partial charge in [-0.2, -0.15) is 18.2 Å². The molecular weight excluding hydrogens is 727 g/mol. The predicted molar refractivity (Wildman–Crippen MR) is 196 cm³/mol. The molecule has 5 N–H and O–H groups in total. The fourth-order valence-electron chi connectivity index (χ4n) is 6.96. The Kier molecular flexibility index (Phi) is 11.9. The van der Waals surface area contributed by atoms with Gasteiger partial charge in [0.15, 0.2) is 11.5 Å². The molecule has 0 saturated carbocycles. The average molecular weight is 768 g/mol. The Morgan fingerprint density at radius 1 is 0.981 bits per heavy atom. The van der Waals surface area contributed by atoms with Crippen LogP contribution in [0.4, 0.5) is 19.0 Å². The number of hydrogen-bond donors (Lipinski definition) is 5. The van der Waals surface area contributed by atoms with Gasteiger partial charge in [0.05, 0.1) is 31.0 Å². The van der Waals surface area contributed by atoms with Crippen LogP contribution in [0.1, 0.15) is 66.7 Å². The Hall–Kier alpha value is -4.99. The van der Waals surface area contributed by atoms with Crippen molar-refractivity contribution < 1.29 is 37.3 Å². The monoisotopic (exact) mass is 767 g/mol. The highest BCUT2D eigenvalue weighted by Crippen LogP contribution is 2.44. The number of nitrogens with one attached hydrogen (secondary N) is 4. The number of carbonyl (C=O) groups excluding carboxylic acids is 1. The van der Waals surface area contributed by atoms with Gasteiger partial charge in [-0.05, 0) is 48.4 Å². The molecule has 1 aliphatic carbocycles. The number of anilines is 1. The molecule has 0 bridgehead atoms. The Morgan fingerprint density at radius 2 is 1.72 bits per heavy atom. The van der Waals surface area contributed by atoms with E-state index in [0.717, 1.165) is 34.2 Å². The molecular formula is C38H41ClF3N7O5. The fraction of sp³-hybridized carbons (Fsp3) is 0.395. The standard InChI is InChI=1S/C38H41ClF3N7O5/c1-4-27(37(51)52)44-19-30-36(54-3)49-34(33(46-30)38(40,41)42)47-28-15-13-23-22(7-5-8-24(23)28)25-9-6-10-26(32(25)39)29-14-11-20(35(48-29)53-2)17-43-18-21-12-16-31(50)45-21/h5-11,14,21,27-28,43-44H,4,12-13,15-19H2,1-3H3,(H,45,50)(H,47,49)(H,51,52)/t21-,27?,28-/m0/s1. The zero-order valence-electron chi connectivity index (χ0n) is 29.9. The zero-order valence-corrected chi connectivity index (χ0v) is 30.7. The maximum atomic E-state index is 14.4. The van der Waals surface area contributed by atoms with E-state index in [2.05, 4.69) is 31.2 Å². The zero-order chi connectivity index (χ0) is 38.6. The molecule has 1 saturated heterocycles. The number of carboxylic acid groups (broad SMARTS) is 1. The number of methoxy groups -OCH3 is 2. The quantitative estimate of drug-likeness (QED) is 0.0922. The Bertz CT molecular complexity index is 2030. The van der Waals surface area contributed by atoms with Gasteiger partial charge >= 0.3 is 12.1 Å². The number of halogens is 4. The second-order valence-corrected chi connectivity index (χ2v) is 13.5. The van der Waals surface area contributed by atoms with Crippen molar-refractivity contribution in [2.45, 2.75) is 76.4 Å². The van der Waals surface area contributed by atoms with Crippen molar-refractivity contribution in [3.8, 4) is 34.1 Å². The van der Waals surface area contributed by atoms with Crippen LogP contribution in [0.15, 0.2) is 48.5 Å². The van der Waals surface area contributed by atoms with Gasteiger partial charge in [-0.3, -0.25) is 14.9 Å². The first-order valence-electron chi connectivity index (χ1n) is 17.6. The summed E-state index contributed by atoms with van der Waals surface area (Å²) in [7, 11) is 2.82. The minimum absolute atomic E-state index is 0.0644. The molecule has 4 aromatic rings. The van der Waals surface area contributed by atoms with Gasteiger partial charge < -0.3 is 30.5 Å². The molecule has 286 valence electrons. The van der Waals surface area contributed by atoms with Gasteiger partial charge in [-0.1, -0.05) is 61.0 Å². The van der Waals surface area contributed by atoms with Gasteiger partial charge in [0.2, 0.25) is 17.7 Å². The third kappa shape index (κ3) is 8.37. The molecule has 6 rings (SSSR count). The van der Waals surface area contributed by atoms with Gasteiger partial charge in [0, 0.05) is 48.8 Å². The minimum atomic E-state index is -4.86. The van der Waals surface area contributed by atoms with E-state index in [1.165, 1.54) is 7.11 Å². The van der Waals surface area contributed by atoms with E-state index < -0.39 is 35.7 Å². The molecule has 0 spiro atoms. The smallest absolute Gasteiger partial charge is 0.437 e. The van der Waals surface area contributed by atoms with Gasteiger partial charge in [-0.25, -0.2) is 9.97 Å². The molecule has 1 amide bonds. The van der Waals surface area contributed by atoms with Crippen LogP contribution in [0.2, 0.25) is 5.02 Å². The second kappa shape index (κ2) is 16.6. The van der Waals surface area contributed by atoms with Crippen molar-refractivity contribution in [3.63, 3.8) is 0 Å². The molecule has 1 aliphatic heterocycles. The number of alkyl halides is 3. The maximum Gasteiger partial charge on any atom is 0.437 e. The van der Waals surface area contributed by atoms with Crippen LogP contribution < -0.4 is 30.7 Å². The molecule has 2 aromatic carbocycles. The lowest BCUT2D eigenvalue weighted by Gasteiger charge is -2.21. The number of carboxylic acids is 1. The summed E-state index contributed by atoms with van der Waals surface area (Å²) in [6.45, 7) is 2.49. The summed E-state index contributed by atoms with van der Waals surface area (Å²) in [5.74, 6) is -1.26. The summed E-state index contributed by atoms with van der Waals surface area (Å²) in [4.78, 5) is 35.8. The van der Waals surface area contributed by atoms with E-state index in [4.69, 9.17) is 26.1 Å². The SMILES string of the molecule is CCC(NCc1nc(C(F)(F)F)c(N[C@H]2CCc3c(-c4cccc(-c5ccc(CNC[C@@H]6CCC(=O)N6)c(OC)n5)c4Cl)cccc32)nc1OC)C(=O)O. The topological polar surface area (TPSA) is 160 Å². The average Bonchev–Trinajstić information content (AvgIpc) is 3.77. The number of aliphatic carboxylic acids is 1. The number of carbonyl (C=O) groups is 2. The highest BCUT2D eigenvalue weighted by molar-refractivity contribution is 6.36. The van der Waals surface area contributed by atoms with Crippen molar-refractivity contribution in [1.29, 1.82) is 0 Å². The van der Waals surface area contributed by atoms with Crippen LogP contribution in [0.5, 0.6) is 11.8 Å². The van der Waals surface area contributed by atoms with Crippen molar-refractivity contribution in [1.82, 2.24) is 30.9 Å². The lowest BCUT2D eigenvalue weighted by Crippen LogP contribution is -2.36. The highest BCUT2D eigenvalue weighted by Gasteiger charge is 2.39. The third-order valence-electron chi connectivity index (χ3n) is 9.69. The molecule has 2 aliphatic rings. The van der Waals surface area contributed by atoms with E-state index in [9.17, 15) is 27.9 Å². The Morgan fingerprint density at radius 3 is 2.41 bits per heavy atom. The van der Waals surface area contributed by atoms with Crippen molar-refractivity contribution in [3.05, 3.63) is 81.6 Å². The van der Waals surface area contributed by atoms with E-state index in [1.807, 2.05) is 48.5 Å². The summed E-state index contributed by atoms with van der Waals surface area (Å²) in [5.41, 5.74) is 4.09. The predicted octanol–water partition coefficient (Wildman–Crippen LogP) is 6.32. The first-order valence-corrected chi connectivity index (χ1v) is 18.0. The number of nitrogens with zero attached hydrogens (tertiary/aromatic N) is 3. The van der Waals surface area contributed by atoms with Gasteiger partial charge in [0.1, 0.15) is 11.7 Å². The summed E-state index contributed by atoms with van der Waals surface area (Å²) < 4.78 is 54.1. The van der Waals surface area contributed by atoms with E-state index in [0.29, 0.717) is 54.5 Å². The number of aromatic nitrogens is 3. The van der Waals surface area contributed by atoms with Crippen LogP contribution in [0, 0.1) is 0 Å². The van der Waals surface area contributed by atoms with Crippen LogP contribution in [0.3, 0.4) is 0 Å². The molecule has 1 fully saturated rings. The number of pyridine rings is 1. The maximum absolute atomic E-state index is 14.4. The Labute approximate surface area is 315 Å². The van der Waals surface area contributed by atoms with Crippen molar-refractivity contribution in [2.75, 3.05) is 26.1 Å². The molecule has 12 nitrogen and oxygen atoms in total. The lowest BCUT2D eigenvalue weighted by atomic mass is 9.94. The summed E-state index contributed by atoms with van der Waals surface area (Å²) in [6.07, 6.45) is -2.27. The van der Waals surface area contributed by atoms with Crippen molar-refractivity contribution in [2.24, 2.45) is 0 Å². The molecule has 2 aromatic heterocycles. The number of fused-ring (bicyclic) bond motifs is 1. The minimum Gasteiger partial charge on any atom is -0.481 e. The number of hydrogen-bond acceptors (Lipinski definition) is 10. The normalized spacial score (nSPS) is 17.2. The Balaban J connectivity index is 1.25. The summed E-state index contributed by atoms with van der Waals surface area (Å²) in [5, 5.41) is 21.8. The third-order valence-corrected chi connectivity index (χ3v) is 10.1. The lowest BCUT2D eigenvalue weighted by molar-refractivity contribution is -0.141. The van der Waals surface area contributed by atoms with E-state index in [-0.39, 0.29) is 36.5 Å². The van der Waals surface area contributed by atoms with Crippen molar-refractivity contribution >= 4 is 29.3 Å². The van der Waals surface area contributed by atoms with Gasteiger partial charge in [-0.15, -0.1) is 0 Å². The number of amides is 1. The molecule has 1 unspecified atom stereocenters. The van der Waals surface area contributed by atoms with Crippen LogP contribution in [-0.2, 0) is 35.3 Å². The number of rotatable bonds is 15. The first-order chi connectivity index (χ1) is 25.9. The molecule has 3 heterocycles. The summed E-state index contributed by atoms with van der Waals surface area (Å²) >= 11 is 7.10. The molecule has 3 atom stereocenters. The number of ether oxygens (including phenoxy) is 2. The molecule has 0 radical (unpaired) electrons. The molecule has 54 heavy (non-hydrogen) atoms. The first kappa shape index (κ1) is 38.7. The van der Waals surface area contributed by atoms with E-state index in [1.54, 1.807) is 14.0 Å². The summed E-state index contributed by atoms with van der Waals surface area (Å²) in [6, 6.07) is 13.7. The second-order valence-electron chi connectivity index (χ2n) is 13.1. The fourth-order valence-corrected chi connectivity index (χ4v) is 7.28. The van der Waals surface area contributed by atoms with Crippen LogP contribution in [-0.4, -0.2) is 64.8 Å². The van der Waals surface area contributed by atoms with Gasteiger partial charge in [0.25, 0.3) is 0 Å².